The number of nitrogen functional groups attached to an aromatic ring is 1. The summed E-state index contributed by atoms with van der Waals surface area (Å²) in [6.45, 7) is 0. The van der Waals surface area contributed by atoms with Gasteiger partial charge in [-0.05, 0) is 18.2 Å². The molecule has 0 amide bonds. The van der Waals surface area contributed by atoms with Crippen molar-refractivity contribution in [2.45, 2.75) is 0 Å². The lowest BCUT2D eigenvalue weighted by Gasteiger charge is -2.03. The molecule has 64 valence electrons. The number of azo groups is 1. The maximum absolute atomic E-state index is 5.64. The fraction of sp³-hybridized carbons (Fsp3) is 0.250. The van der Waals surface area contributed by atoms with Gasteiger partial charge in [0, 0.05) is 7.05 Å². The summed E-state index contributed by atoms with van der Waals surface area (Å²) in [7, 11) is 3.19. The molecule has 0 saturated carbocycles. The quantitative estimate of drug-likeness (QED) is 0.538. The molecule has 0 heterocycles. The second-order valence-electron chi connectivity index (χ2n) is 2.23. The molecule has 0 radical (unpaired) electrons. The molecule has 12 heavy (non-hydrogen) atoms. The van der Waals surface area contributed by atoms with E-state index in [0.717, 1.165) is 5.69 Å². The number of hydrogen-bond donors (Lipinski definition) is 1. The Morgan fingerprint density at radius 3 is 2.67 bits per heavy atom. The van der Waals surface area contributed by atoms with Crippen LogP contribution in [0.15, 0.2) is 28.4 Å². The second kappa shape index (κ2) is 3.71. The molecule has 0 atom stereocenters. The second-order valence-corrected chi connectivity index (χ2v) is 2.23. The van der Waals surface area contributed by atoms with Crippen molar-refractivity contribution in [2.75, 3.05) is 19.9 Å². The lowest BCUT2D eigenvalue weighted by atomic mass is 10.2. The first-order chi connectivity index (χ1) is 5.77. The van der Waals surface area contributed by atoms with Crippen molar-refractivity contribution in [1.82, 2.24) is 0 Å². The highest BCUT2D eigenvalue weighted by molar-refractivity contribution is 5.59. The zero-order chi connectivity index (χ0) is 8.97. The number of hydrogen-bond acceptors (Lipinski definition) is 4. The molecule has 0 aliphatic rings. The highest BCUT2D eigenvalue weighted by Crippen LogP contribution is 2.26. The monoisotopic (exact) mass is 165 g/mol. The first-order valence-electron chi connectivity index (χ1n) is 3.51. The summed E-state index contributed by atoms with van der Waals surface area (Å²) in [5, 5.41) is 7.46. The normalized spacial score (nSPS) is 10.5. The first-order valence-corrected chi connectivity index (χ1v) is 3.51. The van der Waals surface area contributed by atoms with E-state index >= 15 is 0 Å². The van der Waals surface area contributed by atoms with E-state index in [1.54, 1.807) is 32.4 Å². The lowest BCUT2D eigenvalue weighted by molar-refractivity contribution is 0.417. The van der Waals surface area contributed by atoms with E-state index in [0.29, 0.717) is 11.4 Å². The summed E-state index contributed by atoms with van der Waals surface area (Å²) >= 11 is 0. The third kappa shape index (κ3) is 1.72. The van der Waals surface area contributed by atoms with Crippen LogP contribution in [0.4, 0.5) is 11.4 Å². The van der Waals surface area contributed by atoms with E-state index in [9.17, 15) is 0 Å². The topological polar surface area (TPSA) is 60.0 Å². The van der Waals surface area contributed by atoms with Crippen molar-refractivity contribution in [3.05, 3.63) is 18.2 Å². The standard InChI is InChI=1S/C8H11N3O/c1-10-11-6-3-4-8(12-2)7(9)5-6/h3-5H,9H2,1-2H3. The Bertz CT molecular complexity index is 296. The molecular weight excluding hydrogens is 154 g/mol. The molecule has 0 fully saturated rings. The van der Waals surface area contributed by atoms with Gasteiger partial charge in [0.25, 0.3) is 0 Å². The van der Waals surface area contributed by atoms with Crippen LogP contribution in [0.2, 0.25) is 0 Å². The molecule has 2 N–H and O–H groups in total. The van der Waals surface area contributed by atoms with Gasteiger partial charge in [-0.15, -0.1) is 0 Å². The van der Waals surface area contributed by atoms with Crippen LogP contribution < -0.4 is 10.5 Å². The molecule has 1 aromatic rings. The molecule has 1 rings (SSSR count). The van der Waals surface area contributed by atoms with Gasteiger partial charge in [-0.3, -0.25) is 0 Å². The molecule has 0 saturated heterocycles. The zero-order valence-electron chi connectivity index (χ0n) is 7.11. The number of nitrogens with two attached hydrogens (primary N) is 1. The van der Waals surface area contributed by atoms with Crippen LogP contribution >= 0.6 is 0 Å². The molecule has 0 spiro atoms. The van der Waals surface area contributed by atoms with Gasteiger partial charge in [0.15, 0.2) is 0 Å². The van der Waals surface area contributed by atoms with Crippen LogP contribution in [-0.4, -0.2) is 14.2 Å². The summed E-state index contributed by atoms with van der Waals surface area (Å²) in [5.41, 5.74) is 6.94. The van der Waals surface area contributed by atoms with Crippen molar-refractivity contribution in [2.24, 2.45) is 10.2 Å². The van der Waals surface area contributed by atoms with E-state index < -0.39 is 0 Å². The summed E-state index contributed by atoms with van der Waals surface area (Å²) < 4.78 is 4.98. The molecule has 1 aromatic carbocycles. The molecule has 4 nitrogen and oxygen atoms in total. The van der Waals surface area contributed by atoms with E-state index in [2.05, 4.69) is 10.2 Å². The highest BCUT2D eigenvalue weighted by Gasteiger charge is 1.98. The molecular formula is C8H11N3O. The van der Waals surface area contributed by atoms with Crippen LogP contribution in [0, 0.1) is 0 Å². The van der Waals surface area contributed by atoms with Crippen molar-refractivity contribution in [1.29, 1.82) is 0 Å². The Morgan fingerprint density at radius 2 is 2.17 bits per heavy atom. The summed E-state index contributed by atoms with van der Waals surface area (Å²) in [5.74, 6) is 0.657. The van der Waals surface area contributed by atoms with Gasteiger partial charge in [-0.1, -0.05) is 0 Å². The zero-order valence-corrected chi connectivity index (χ0v) is 7.11. The Labute approximate surface area is 71.1 Å². The summed E-state index contributed by atoms with van der Waals surface area (Å²) in [6.07, 6.45) is 0. The predicted molar refractivity (Wildman–Crippen MR) is 47.8 cm³/mol. The number of anilines is 1. The lowest BCUT2D eigenvalue weighted by Crippen LogP contribution is -1.90. The van der Waals surface area contributed by atoms with Gasteiger partial charge in [-0.25, -0.2) is 0 Å². The van der Waals surface area contributed by atoms with Gasteiger partial charge in [-0.2, -0.15) is 10.2 Å². The minimum atomic E-state index is 0.572. The maximum Gasteiger partial charge on any atom is 0.141 e. The van der Waals surface area contributed by atoms with E-state index in [1.165, 1.54) is 0 Å². The fourth-order valence-electron chi connectivity index (χ4n) is 0.899. The Hall–Kier alpha value is -1.58. The SMILES string of the molecule is CN=Nc1ccc(OC)c(N)c1. The van der Waals surface area contributed by atoms with Crippen molar-refractivity contribution in [3.8, 4) is 5.75 Å². The summed E-state index contributed by atoms with van der Waals surface area (Å²) in [4.78, 5) is 0. The minimum absolute atomic E-state index is 0.572. The van der Waals surface area contributed by atoms with Crippen LogP contribution in [0.3, 0.4) is 0 Å². The molecule has 0 aliphatic carbocycles. The Morgan fingerprint density at radius 1 is 1.42 bits per heavy atom. The average Bonchev–Trinajstić information content (AvgIpc) is 2.05. The molecule has 4 heteroatoms. The van der Waals surface area contributed by atoms with Gasteiger partial charge < -0.3 is 10.5 Å². The van der Waals surface area contributed by atoms with Gasteiger partial charge in [0.2, 0.25) is 0 Å². The van der Waals surface area contributed by atoms with Crippen molar-refractivity contribution >= 4 is 11.4 Å². The number of methoxy groups -OCH3 is 1. The Kier molecular flexibility index (Phi) is 2.63. The smallest absolute Gasteiger partial charge is 0.141 e. The number of benzene rings is 1. The number of nitrogens with zero attached hydrogens (tertiary/aromatic N) is 2. The third-order valence-electron chi connectivity index (χ3n) is 1.43. The van der Waals surface area contributed by atoms with Crippen LogP contribution in [0.5, 0.6) is 5.75 Å². The van der Waals surface area contributed by atoms with Crippen molar-refractivity contribution in [3.63, 3.8) is 0 Å². The predicted octanol–water partition coefficient (Wildman–Crippen LogP) is 1.99. The first kappa shape index (κ1) is 8.52. The van der Waals surface area contributed by atoms with E-state index in [-0.39, 0.29) is 0 Å². The van der Waals surface area contributed by atoms with Gasteiger partial charge in [0.05, 0.1) is 18.5 Å². The van der Waals surface area contributed by atoms with Gasteiger partial charge in [0.1, 0.15) is 5.75 Å². The largest absolute Gasteiger partial charge is 0.495 e. The van der Waals surface area contributed by atoms with Crippen LogP contribution in [0.25, 0.3) is 0 Å². The minimum Gasteiger partial charge on any atom is -0.495 e. The van der Waals surface area contributed by atoms with Crippen molar-refractivity contribution < 1.29 is 4.74 Å². The average molecular weight is 165 g/mol. The molecule has 0 aromatic heterocycles. The maximum atomic E-state index is 5.64. The van der Waals surface area contributed by atoms with E-state index in [1.807, 2.05) is 0 Å². The number of rotatable bonds is 2. The van der Waals surface area contributed by atoms with Crippen LogP contribution in [-0.2, 0) is 0 Å². The molecule has 0 aliphatic heterocycles. The van der Waals surface area contributed by atoms with E-state index in [4.69, 9.17) is 10.5 Å². The fourth-order valence-corrected chi connectivity index (χ4v) is 0.899. The summed E-state index contributed by atoms with van der Waals surface area (Å²) in [6, 6.07) is 5.27. The molecule has 0 unspecified atom stereocenters. The van der Waals surface area contributed by atoms with Gasteiger partial charge >= 0.3 is 0 Å². The molecule has 0 bridgehead atoms. The van der Waals surface area contributed by atoms with Crippen LogP contribution in [0.1, 0.15) is 0 Å². The third-order valence-corrected chi connectivity index (χ3v) is 1.43. The highest BCUT2D eigenvalue weighted by atomic mass is 16.5. The number of ether oxygens (including phenoxy) is 1. The Balaban J connectivity index is 3.01.